The van der Waals surface area contributed by atoms with Crippen LogP contribution in [0.2, 0.25) is 0 Å². The molecule has 2 aromatic rings. The number of nitrogens with two attached hydrogens (primary N) is 1. The number of carbonyl (C=O) groups excluding carboxylic acids is 2. The molecule has 0 fully saturated rings. The Labute approximate surface area is 194 Å². The third kappa shape index (κ3) is 4.90. The van der Waals surface area contributed by atoms with Gasteiger partial charge in [-0.1, -0.05) is 17.8 Å². The first-order valence-corrected chi connectivity index (χ1v) is 11.4. The summed E-state index contributed by atoms with van der Waals surface area (Å²) >= 11 is 2.62. The molecular formula is C22H22N4O4S2. The van der Waals surface area contributed by atoms with E-state index < -0.39 is 11.8 Å². The van der Waals surface area contributed by atoms with E-state index in [1.807, 2.05) is 17.5 Å². The third-order valence-electron chi connectivity index (χ3n) is 4.77. The number of hydrogen-bond acceptors (Lipinski definition) is 8. The van der Waals surface area contributed by atoms with Gasteiger partial charge >= 0.3 is 0 Å². The summed E-state index contributed by atoms with van der Waals surface area (Å²) in [4.78, 5) is 25.6. The van der Waals surface area contributed by atoms with E-state index in [-0.39, 0.29) is 11.7 Å². The molecule has 1 aliphatic rings. The van der Waals surface area contributed by atoms with Gasteiger partial charge in [0, 0.05) is 22.2 Å². The van der Waals surface area contributed by atoms with Crippen molar-refractivity contribution in [1.29, 1.82) is 5.26 Å². The zero-order valence-electron chi connectivity index (χ0n) is 17.7. The van der Waals surface area contributed by atoms with E-state index in [4.69, 9.17) is 15.2 Å². The van der Waals surface area contributed by atoms with Gasteiger partial charge in [0.1, 0.15) is 11.5 Å². The lowest BCUT2D eigenvalue weighted by Gasteiger charge is -2.28. The minimum Gasteiger partial charge on any atom is -0.497 e. The van der Waals surface area contributed by atoms with Crippen molar-refractivity contribution in [2.45, 2.75) is 12.8 Å². The molecule has 0 radical (unpaired) electrons. The first-order valence-electron chi connectivity index (χ1n) is 9.49. The van der Waals surface area contributed by atoms with E-state index in [2.05, 4.69) is 16.7 Å². The van der Waals surface area contributed by atoms with Gasteiger partial charge in [0.2, 0.25) is 11.8 Å². The second-order valence-corrected chi connectivity index (χ2v) is 8.70. The quantitative estimate of drug-likeness (QED) is 0.540. The molecule has 4 N–H and O–H groups in total. The SMILES string of the molecule is COc1ccc(NC(=O)CSC2=C(C#N)[C@H](c3cccs3)C(C(N)=O)=C(C)N2)c(OC)c1. The maximum absolute atomic E-state index is 12.6. The molecule has 2 heterocycles. The highest BCUT2D eigenvalue weighted by molar-refractivity contribution is 8.03. The number of benzene rings is 1. The fourth-order valence-corrected chi connectivity index (χ4v) is 5.05. The molecule has 32 heavy (non-hydrogen) atoms. The molecule has 8 nitrogen and oxygen atoms in total. The Hall–Kier alpha value is -3.42. The van der Waals surface area contributed by atoms with Crippen LogP contribution in [-0.2, 0) is 9.59 Å². The van der Waals surface area contributed by atoms with Crippen LogP contribution in [0.25, 0.3) is 0 Å². The van der Waals surface area contributed by atoms with Gasteiger partial charge in [-0.2, -0.15) is 5.26 Å². The average molecular weight is 471 g/mol. The molecule has 10 heteroatoms. The van der Waals surface area contributed by atoms with E-state index in [1.54, 1.807) is 32.2 Å². The first-order chi connectivity index (χ1) is 15.4. The number of anilines is 1. The summed E-state index contributed by atoms with van der Waals surface area (Å²) in [6, 6.07) is 11.0. The van der Waals surface area contributed by atoms with Crippen molar-refractivity contribution < 1.29 is 19.1 Å². The number of nitriles is 1. The molecule has 3 rings (SSSR count). The second-order valence-electron chi connectivity index (χ2n) is 6.73. The van der Waals surface area contributed by atoms with Gasteiger partial charge in [0.15, 0.2) is 0 Å². The standard InChI is InChI=1S/C22H22N4O4S2/c1-12-19(21(24)28)20(17-5-4-8-31-17)14(10-23)22(25-12)32-11-18(27)26-15-7-6-13(29-2)9-16(15)30-3/h4-9,20,25H,11H2,1-3H3,(H2,24,28)(H,26,27)/t20-/m1/s1. The summed E-state index contributed by atoms with van der Waals surface area (Å²) in [5.74, 6) is -0.311. The summed E-state index contributed by atoms with van der Waals surface area (Å²) in [6.07, 6.45) is 0. The van der Waals surface area contributed by atoms with Crippen molar-refractivity contribution in [1.82, 2.24) is 5.32 Å². The van der Waals surface area contributed by atoms with E-state index in [9.17, 15) is 14.9 Å². The number of amides is 2. The van der Waals surface area contributed by atoms with E-state index in [0.29, 0.717) is 39.1 Å². The summed E-state index contributed by atoms with van der Waals surface area (Å²) in [6.45, 7) is 1.73. The largest absolute Gasteiger partial charge is 0.497 e. The van der Waals surface area contributed by atoms with E-state index in [1.165, 1.54) is 30.2 Å². The van der Waals surface area contributed by atoms with E-state index in [0.717, 1.165) is 4.88 Å². The zero-order valence-corrected chi connectivity index (χ0v) is 19.4. The Morgan fingerprint density at radius 3 is 2.69 bits per heavy atom. The zero-order chi connectivity index (χ0) is 23.3. The van der Waals surface area contributed by atoms with E-state index >= 15 is 0 Å². The number of methoxy groups -OCH3 is 2. The molecule has 0 saturated carbocycles. The van der Waals surface area contributed by atoms with Gasteiger partial charge in [-0.15, -0.1) is 11.3 Å². The van der Waals surface area contributed by atoms with Crippen LogP contribution in [-0.4, -0.2) is 31.8 Å². The molecule has 1 aromatic heterocycles. The van der Waals surface area contributed by atoms with Crippen molar-refractivity contribution in [3.05, 3.63) is 62.5 Å². The fourth-order valence-electron chi connectivity index (χ4n) is 3.32. The molecule has 1 aliphatic heterocycles. The Balaban J connectivity index is 1.81. The van der Waals surface area contributed by atoms with Crippen molar-refractivity contribution in [3.8, 4) is 17.6 Å². The number of ether oxygens (including phenoxy) is 2. The summed E-state index contributed by atoms with van der Waals surface area (Å²) in [5.41, 5.74) is 7.39. The average Bonchev–Trinajstić information content (AvgIpc) is 3.31. The van der Waals surface area contributed by atoms with Gasteiger partial charge in [0.25, 0.3) is 0 Å². The molecule has 2 amide bonds. The molecule has 0 bridgehead atoms. The van der Waals surface area contributed by atoms with Crippen LogP contribution in [0, 0.1) is 11.3 Å². The summed E-state index contributed by atoms with van der Waals surface area (Å²) in [5, 5.41) is 18.2. The molecule has 0 spiro atoms. The van der Waals surface area contributed by atoms with Gasteiger partial charge in [-0.05, 0) is 30.5 Å². The van der Waals surface area contributed by atoms with Crippen LogP contribution >= 0.6 is 23.1 Å². The minimum absolute atomic E-state index is 0.0407. The fraction of sp³-hybridized carbons (Fsp3) is 0.227. The monoisotopic (exact) mass is 470 g/mol. The number of allylic oxidation sites excluding steroid dienone is 2. The number of thioether (sulfide) groups is 1. The number of carbonyl (C=O) groups is 2. The van der Waals surface area contributed by atoms with Gasteiger partial charge in [-0.25, -0.2) is 0 Å². The number of rotatable bonds is 8. The van der Waals surface area contributed by atoms with Crippen molar-refractivity contribution in [2.24, 2.45) is 5.73 Å². The Kier molecular flexibility index (Phi) is 7.45. The van der Waals surface area contributed by atoms with Crippen LogP contribution in [0.4, 0.5) is 5.69 Å². The van der Waals surface area contributed by atoms with Crippen LogP contribution in [0.5, 0.6) is 11.5 Å². The van der Waals surface area contributed by atoms with Crippen LogP contribution in [0.15, 0.2) is 57.6 Å². The number of nitrogens with one attached hydrogen (secondary N) is 2. The maximum atomic E-state index is 12.6. The van der Waals surface area contributed by atoms with Gasteiger partial charge in [0.05, 0.1) is 48.2 Å². The lowest BCUT2D eigenvalue weighted by atomic mass is 9.86. The van der Waals surface area contributed by atoms with Crippen molar-refractivity contribution in [3.63, 3.8) is 0 Å². The van der Waals surface area contributed by atoms with Gasteiger partial charge in [-0.3, -0.25) is 9.59 Å². The Morgan fingerprint density at radius 1 is 1.31 bits per heavy atom. The number of nitrogens with zero attached hydrogens (tertiary/aromatic N) is 1. The van der Waals surface area contributed by atoms with Gasteiger partial charge < -0.3 is 25.8 Å². The number of primary amides is 1. The van der Waals surface area contributed by atoms with Crippen molar-refractivity contribution in [2.75, 3.05) is 25.3 Å². The number of hydrogen-bond donors (Lipinski definition) is 3. The minimum atomic E-state index is -0.588. The predicted octanol–water partition coefficient (Wildman–Crippen LogP) is 3.32. The second kappa shape index (κ2) is 10.3. The maximum Gasteiger partial charge on any atom is 0.247 e. The Bertz CT molecular complexity index is 1130. The molecule has 1 aromatic carbocycles. The lowest BCUT2D eigenvalue weighted by Crippen LogP contribution is -2.31. The number of thiophene rings is 1. The Morgan fingerprint density at radius 2 is 2.09 bits per heavy atom. The summed E-state index contributed by atoms with van der Waals surface area (Å²) in [7, 11) is 3.05. The normalized spacial score (nSPS) is 15.6. The molecular weight excluding hydrogens is 448 g/mol. The first kappa shape index (κ1) is 23.2. The van der Waals surface area contributed by atoms with Crippen LogP contribution in [0.1, 0.15) is 17.7 Å². The highest BCUT2D eigenvalue weighted by Gasteiger charge is 2.34. The third-order valence-corrected chi connectivity index (χ3v) is 6.73. The highest BCUT2D eigenvalue weighted by Crippen LogP contribution is 2.42. The smallest absolute Gasteiger partial charge is 0.247 e. The number of dihydropyridines is 1. The molecule has 166 valence electrons. The van der Waals surface area contributed by atoms with Crippen molar-refractivity contribution >= 4 is 40.6 Å². The predicted molar refractivity (Wildman–Crippen MR) is 125 cm³/mol. The summed E-state index contributed by atoms with van der Waals surface area (Å²) < 4.78 is 10.5. The van der Waals surface area contributed by atoms with Crippen LogP contribution < -0.4 is 25.8 Å². The lowest BCUT2D eigenvalue weighted by molar-refractivity contribution is -0.115. The van der Waals surface area contributed by atoms with Crippen LogP contribution in [0.3, 0.4) is 0 Å². The molecule has 1 atom stereocenters. The molecule has 0 aliphatic carbocycles. The molecule has 0 unspecified atom stereocenters. The molecule has 0 saturated heterocycles. The topological polar surface area (TPSA) is 126 Å². The highest BCUT2D eigenvalue weighted by atomic mass is 32.2.